The second-order valence-electron chi connectivity index (χ2n) is 4.84. The monoisotopic (exact) mass is 283 g/mol. The molecule has 108 valence electrons. The third-order valence-corrected chi connectivity index (χ3v) is 5.23. The van der Waals surface area contributed by atoms with E-state index in [4.69, 9.17) is 0 Å². The Kier molecular flexibility index (Phi) is 7.10. The van der Waals surface area contributed by atoms with E-state index in [1.807, 2.05) is 25.2 Å². The second kappa shape index (κ2) is 8.33. The van der Waals surface area contributed by atoms with Crippen molar-refractivity contribution in [3.05, 3.63) is 35.9 Å². The van der Waals surface area contributed by atoms with Crippen LogP contribution in [0.25, 0.3) is 0 Å². The fraction of sp³-hybridized carbons (Fsp3) is 0.600. The molecule has 0 aromatic heterocycles. The standard InChI is InChI=1S/C15H25NO2S/c1-3-19(17,18)13-9-5-8-12-15(16-2)14-10-6-4-7-11-14/h4,6-7,10-11,15-16H,3,5,8-9,12-13H2,1-2H3. The molecule has 0 fully saturated rings. The molecule has 0 bridgehead atoms. The zero-order chi connectivity index (χ0) is 14.1. The van der Waals surface area contributed by atoms with Gasteiger partial charge in [-0.2, -0.15) is 0 Å². The van der Waals surface area contributed by atoms with Crippen LogP contribution in [-0.2, 0) is 9.84 Å². The average Bonchev–Trinajstić information content (AvgIpc) is 2.44. The highest BCUT2D eigenvalue weighted by Gasteiger charge is 2.09. The minimum Gasteiger partial charge on any atom is -0.313 e. The summed E-state index contributed by atoms with van der Waals surface area (Å²) >= 11 is 0. The lowest BCUT2D eigenvalue weighted by atomic mass is 10.0. The largest absolute Gasteiger partial charge is 0.313 e. The van der Waals surface area contributed by atoms with Gasteiger partial charge in [-0.3, -0.25) is 0 Å². The van der Waals surface area contributed by atoms with Crippen LogP contribution in [0.1, 0.15) is 44.2 Å². The first-order valence-electron chi connectivity index (χ1n) is 7.01. The first kappa shape index (κ1) is 16.2. The molecule has 0 saturated heterocycles. The molecular formula is C15H25NO2S. The number of hydrogen-bond acceptors (Lipinski definition) is 3. The Morgan fingerprint density at radius 3 is 2.37 bits per heavy atom. The summed E-state index contributed by atoms with van der Waals surface area (Å²) in [7, 11) is -0.822. The van der Waals surface area contributed by atoms with E-state index in [0.29, 0.717) is 11.8 Å². The highest BCUT2D eigenvalue weighted by Crippen LogP contribution is 2.19. The molecule has 1 unspecified atom stereocenters. The van der Waals surface area contributed by atoms with Crippen LogP contribution in [0.5, 0.6) is 0 Å². The van der Waals surface area contributed by atoms with Gasteiger partial charge >= 0.3 is 0 Å². The molecule has 1 N–H and O–H groups in total. The zero-order valence-electron chi connectivity index (χ0n) is 11.9. The van der Waals surface area contributed by atoms with Gasteiger partial charge in [0, 0.05) is 11.8 Å². The van der Waals surface area contributed by atoms with Gasteiger partial charge in [0.1, 0.15) is 9.84 Å². The Bertz CT molecular complexity index is 442. The molecule has 0 amide bonds. The van der Waals surface area contributed by atoms with Gasteiger partial charge in [-0.15, -0.1) is 0 Å². The first-order valence-corrected chi connectivity index (χ1v) is 8.84. The van der Waals surface area contributed by atoms with Crippen LogP contribution in [-0.4, -0.2) is 27.0 Å². The van der Waals surface area contributed by atoms with Gasteiger partial charge in [0.25, 0.3) is 0 Å². The van der Waals surface area contributed by atoms with Gasteiger partial charge in [0.2, 0.25) is 0 Å². The topological polar surface area (TPSA) is 46.2 Å². The van der Waals surface area contributed by atoms with Crippen molar-refractivity contribution in [3.63, 3.8) is 0 Å². The van der Waals surface area contributed by atoms with Crippen LogP contribution < -0.4 is 5.32 Å². The molecule has 0 aliphatic carbocycles. The Hall–Kier alpha value is -0.870. The minimum absolute atomic E-state index is 0.260. The number of sulfone groups is 1. The Morgan fingerprint density at radius 2 is 1.79 bits per heavy atom. The predicted molar refractivity (Wildman–Crippen MR) is 81.0 cm³/mol. The highest BCUT2D eigenvalue weighted by atomic mass is 32.2. The molecule has 3 nitrogen and oxygen atoms in total. The van der Waals surface area contributed by atoms with E-state index >= 15 is 0 Å². The van der Waals surface area contributed by atoms with Crippen molar-refractivity contribution in [2.75, 3.05) is 18.6 Å². The summed E-state index contributed by atoms with van der Waals surface area (Å²) in [6.07, 6.45) is 3.86. The smallest absolute Gasteiger partial charge is 0.150 e. The molecule has 0 spiro atoms. The normalized spacial score (nSPS) is 13.4. The van der Waals surface area contributed by atoms with E-state index in [2.05, 4.69) is 17.4 Å². The summed E-state index contributed by atoms with van der Waals surface area (Å²) in [5.41, 5.74) is 1.30. The van der Waals surface area contributed by atoms with E-state index in [1.54, 1.807) is 6.92 Å². The fourth-order valence-electron chi connectivity index (χ4n) is 2.15. The third-order valence-electron chi connectivity index (χ3n) is 3.44. The van der Waals surface area contributed by atoms with E-state index in [0.717, 1.165) is 25.7 Å². The summed E-state index contributed by atoms with van der Waals surface area (Å²) in [4.78, 5) is 0. The lowest BCUT2D eigenvalue weighted by Gasteiger charge is -2.16. The molecule has 0 aliphatic rings. The van der Waals surface area contributed by atoms with Crippen molar-refractivity contribution in [3.8, 4) is 0 Å². The van der Waals surface area contributed by atoms with Crippen LogP contribution in [0, 0.1) is 0 Å². The number of rotatable bonds is 9. The fourth-order valence-corrected chi connectivity index (χ4v) is 3.09. The molecule has 0 heterocycles. The maximum Gasteiger partial charge on any atom is 0.150 e. The molecule has 0 aliphatic heterocycles. The van der Waals surface area contributed by atoms with Crippen molar-refractivity contribution < 1.29 is 8.42 Å². The van der Waals surface area contributed by atoms with Crippen molar-refractivity contribution >= 4 is 9.84 Å². The Labute approximate surface area is 117 Å². The summed E-state index contributed by atoms with van der Waals surface area (Å²) in [5.74, 6) is 0.592. The van der Waals surface area contributed by atoms with E-state index in [1.165, 1.54) is 5.56 Å². The Morgan fingerprint density at radius 1 is 1.11 bits per heavy atom. The molecule has 4 heteroatoms. The first-order chi connectivity index (χ1) is 9.09. The van der Waals surface area contributed by atoms with Crippen LogP contribution in [0.15, 0.2) is 30.3 Å². The van der Waals surface area contributed by atoms with E-state index in [9.17, 15) is 8.42 Å². The van der Waals surface area contributed by atoms with Crippen molar-refractivity contribution in [1.29, 1.82) is 0 Å². The van der Waals surface area contributed by atoms with Crippen LogP contribution in [0.2, 0.25) is 0 Å². The number of hydrogen-bond donors (Lipinski definition) is 1. The maximum atomic E-state index is 11.4. The van der Waals surface area contributed by atoms with Gasteiger partial charge in [0.15, 0.2) is 0 Å². The SMILES string of the molecule is CCS(=O)(=O)CCCCCC(NC)c1ccccc1. The maximum absolute atomic E-state index is 11.4. The number of nitrogens with one attached hydrogen (secondary N) is 1. The number of benzene rings is 1. The molecular weight excluding hydrogens is 258 g/mol. The van der Waals surface area contributed by atoms with E-state index in [-0.39, 0.29) is 5.75 Å². The molecule has 0 radical (unpaired) electrons. The van der Waals surface area contributed by atoms with Crippen LogP contribution in [0.4, 0.5) is 0 Å². The van der Waals surface area contributed by atoms with Crippen molar-refractivity contribution in [2.45, 2.75) is 38.6 Å². The van der Waals surface area contributed by atoms with Gasteiger partial charge in [0.05, 0.1) is 5.75 Å². The lowest BCUT2D eigenvalue weighted by molar-refractivity contribution is 0.510. The molecule has 0 saturated carbocycles. The summed E-state index contributed by atoms with van der Waals surface area (Å²) in [6.45, 7) is 1.71. The van der Waals surface area contributed by atoms with Gasteiger partial charge < -0.3 is 5.32 Å². The van der Waals surface area contributed by atoms with Crippen LogP contribution in [0.3, 0.4) is 0 Å². The summed E-state index contributed by atoms with van der Waals surface area (Å²) < 4.78 is 22.7. The average molecular weight is 283 g/mol. The number of unbranched alkanes of at least 4 members (excludes halogenated alkanes) is 2. The second-order valence-corrected chi connectivity index (χ2v) is 7.31. The Balaban J connectivity index is 2.28. The molecule has 1 rings (SSSR count). The lowest BCUT2D eigenvalue weighted by Crippen LogP contribution is -2.16. The van der Waals surface area contributed by atoms with Crippen molar-refractivity contribution in [1.82, 2.24) is 5.32 Å². The minimum atomic E-state index is -2.79. The molecule has 1 aromatic rings. The van der Waals surface area contributed by atoms with Gasteiger partial charge in [-0.25, -0.2) is 8.42 Å². The third kappa shape index (κ3) is 6.21. The zero-order valence-corrected chi connectivity index (χ0v) is 12.7. The highest BCUT2D eigenvalue weighted by molar-refractivity contribution is 7.91. The summed E-state index contributed by atoms with van der Waals surface area (Å²) in [6, 6.07) is 10.7. The van der Waals surface area contributed by atoms with Crippen molar-refractivity contribution in [2.24, 2.45) is 0 Å². The van der Waals surface area contributed by atoms with Gasteiger partial charge in [-0.1, -0.05) is 50.1 Å². The molecule has 1 aromatic carbocycles. The summed E-state index contributed by atoms with van der Waals surface area (Å²) in [5, 5.41) is 3.32. The van der Waals surface area contributed by atoms with Gasteiger partial charge in [-0.05, 0) is 25.5 Å². The van der Waals surface area contributed by atoms with E-state index < -0.39 is 9.84 Å². The molecule has 19 heavy (non-hydrogen) atoms. The quantitative estimate of drug-likeness (QED) is 0.709. The molecule has 1 atom stereocenters. The van der Waals surface area contributed by atoms with Crippen LogP contribution >= 0.6 is 0 Å². The predicted octanol–water partition coefficient (Wildman–Crippen LogP) is 2.94.